The van der Waals surface area contributed by atoms with Crippen LogP contribution >= 0.6 is 37.9 Å². The highest BCUT2D eigenvalue weighted by molar-refractivity contribution is 7.85. The standard InChI is InChI=1S/C17H12O2S3/c18-17(19)13-11-8-4-7-10(9-5-2-1-3-6-9)12(11)14(20)16(22)15(13)21/h1-8,20-22H,(H,18,19). The van der Waals surface area contributed by atoms with Crippen LogP contribution in [0.5, 0.6) is 0 Å². The van der Waals surface area contributed by atoms with Gasteiger partial charge in [-0.1, -0.05) is 48.5 Å². The van der Waals surface area contributed by atoms with Crippen LogP contribution in [0.1, 0.15) is 10.4 Å². The van der Waals surface area contributed by atoms with Crippen molar-refractivity contribution in [3.8, 4) is 11.1 Å². The molecule has 3 aromatic rings. The Labute approximate surface area is 144 Å². The van der Waals surface area contributed by atoms with E-state index in [2.05, 4.69) is 37.9 Å². The molecule has 0 bridgehead atoms. The van der Waals surface area contributed by atoms with Gasteiger partial charge < -0.3 is 5.11 Å². The predicted octanol–water partition coefficient (Wildman–Crippen LogP) is 5.07. The number of carbonyl (C=O) groups is 1. The van der Waals surface area contributed by atoms with Gasteiger partial charge in [0, 0.05) is 20.1 Å². The molecule has 5 heteroatoms. The van der Waals surface area contributed by atoms with Crippen LogP contribution in [0.2, 0.25) is 0 Å². The first-order valence-corrected chi connectivity index (χ1v) is 7.84. The zero-order valence-electron chi connectivity index (χ0n) is 11.3. The molecule has 0 radical (unpaired) electrons. The van der Waals surface area contributed by atoms with E-state index in [1.165, 1.54) is 0 Å². The number of hydrogen-bond acceptors (Lipinski definition) is 4. The van der Waals surface area contributed by atoms with Gasteiger partial charge in [0.2, 0.25) is 0 Å². The number of carboxylic acids is 1. The summed E-state index contributed by atoms with van der Waals surface area (Å²) < 4.78 is 0. The smallest absolute Gasteiger partial charge is 0.337 e. The third-order valence-electron chi connectivity index (χ3n) is 3.55. The first-order valence-electron chi connectivity index (χ1n) is 6.50. The molecule has 1 N–H and O–H groups in total. The number of rotatable bonds is 2. The van der Waals surface area contributed by atoms with Gasteiger partial charge in [-0.3, -0.25) is 0 Å². The van der Waals surface area contributed by atoms with Crippen molar-refractivity contribution in [2.75, 3.05) is 0 Å². The summed E-state index contributed by atoms with van der Waals surface area (Å²) in [6, 6.07) is 15.4. The van der Waals surface area contributed by atoms with Crippen LogP contribution in [0.4, 0.5) is 0 Å². The SMILES string of the molecule is O=C(O)c1c(S)c(S)c(S)c2c(-c3ccccc3)cccc12. The molecule has 2 nitrogen and oxygen atoms in total. The molecular formula is C17H12O2S3. The summed E-state index contributed by atoms with van der Waals surface area (Å²) in [5.41, 5.74) is 2.08. The minimum Gasteiger partial charge on any atom is -0.478 e. The molecule has 3 rings (SSSR count). The van der Waals surface area contributed by atoms with Crippen LogP contribution < -0.4 is 0 Å². The molecule has 0 aliphatic rings. The highest BCUT2D eigenvalue weighted by Crippen LogP contribution is 2.41. The predicted molar refractivity (Wildman–Crippen MR) is 98.1 cm³/mol. The van der Waals surface area contributed by atoms with Crippen molar-refractivity contribution in [2.45, 2.75) is 14.7 Å². The zero-order valence-corrected chi connectivity index (χ0v) is 14.0. The molecule has 0 saturated heterocycles. The van der Waals surface area contributed by atoms with E-state index >= 15 is 0 Å². The summed E-state index contributed by atoms with van der Waals surface area (Å²) in [7, 11) is 0. The Hall–Kier alpha value is -1.56. The zero-order chi connectivity index (χ0) is 15.9. The van der Waals surface area contributed by atoms with Crippen LogP contribution in [0, 0.1) is 0 Å². The van der Waals surface area contributed by atoms with Crippen LogP contribution in [0.15, 0.2) is 63.2 Å². The quantitative estimate of drug-likeness (QED) is 0.490. The van der Waals surface area contributed by atoms with Gasteiger partial charge in [0.15, 0.2) is 0 Å². The van der Waals surface area contributed by atoms with Crippen LogP contribution in [-0.4, -0.2) is 11.1 Å². The van der Waals surface area contributed by atoms with Gasteiger partial charge in [0.1, 0.15) is 0 Å². The lowest BCUT2D eigenvalue weighted by molar-refractivity contribution is 0.0695. The van der Waals surface area contributed by atoms with Crippen molar-refractivity contribution in [3.05, 3.63) is 54.1 Å². The van der Waals surface area contributed by atoms with E-state index in [1.54, 1.807) is 6.07 Å². The average molecular weight is 344 g/mol. The van der Waals surface area contributed by atoms with Gasteiger partial charge in [-0.2, -0.15) is 0 Å². The fraction of sp³-hybridized carbons (Fsp3) is 0. The first-order chi connectivity index (χ1) is 10.5. The average Bonchev–Trinajstić information content (AvgIpc) is 2.53. The number of fused-ring (bicyclic) bond motifs is 1. The molecule has 0 spiro atoms. The van der Waals surface area contributed by atoms with E-state index in [0.717, 1.165) is 16.5 Å². The summed E-state index contributed by atoms with van der Waals surface area (Å²) in [6.07, 6.45) is 0. The van der Waals surface area contributed by atoms with E-state index in [4.69, 9.17) is 0 Å². The Morgan fingerprint density at radius 1 is 0.818 bits per heavy atom. The molecule has 0 amide bonds. The Morgan fingerprint density at radius 3 is 2.14 bits per heavy atom. The molecule has 0 saturated carbocycles. The molecule has 0 fully saturated rings. The lowest BCUT2D eigenvalue weighted by Gasteiger charge is -2.15. The largest absolute Gasteiger partial charge is 0.478 e. The Morgan fingerprint density at radius 2 is 1.50 bits per heavy atom. The van der Waals surface area contributed by atoms with E-state index in [1.807, 2.05) is 42.5 Å². The normalized spacial score (nSPS) is 10.9. The number of benzene rings is 3. The lowest BCUT2D eigenvalue weighted by atomic mass is 9.95. The van der Waals surface area contributed by atoms with Gasteiger partial charge in [0.05, 0.1) is 5.56 Å². The Balaban J connectivity index is 2.51. The van der Waals surface area contributed by atoms with Gasteiger partial charge in [-0.15, -0.1) is 37.9 Å². The van der Waals surface area contributed by atoms with Crippen molar-refractivity contribution in [1.29, 1.82) is 0 Å². The number of aromatic carboxylic acids is 1. The third kappa shape index (κ3) is 2.39. The molecule has 0 atom stereocenters. The molecule has 0 aliphatic carbocycles. The second kappa shape index (κ2) is 5.91. The molecule has 0 aliphatic heterocycles. The maximum atomic E-state index is 11.6. The van der Waals surface area contributed by atoms with E-state index in [-0.39, 0.29) is 5.56 Å². The summed E-state index contributed by atoms with van der Waals surface area (Å²) in [5.74, 6) is -1.02. The fourth-order valence-corrected chi connectivity index (χ4v) is 3.56. The second-order valence-corrected chi connectivity index (χ2v) is 6.16. The second-order valence-electron chi connectivity index (χ2n) is 4.82. The highest BCUT2D eigenvalue weighted by atomic mass is 32.1. The maximum Gasteiger partial charge on any atom is 0.337 e. The van der Waals surface area contributed by atoms with Crippen LogP contribution in [0.3, 0.4) is 0 Å². The van der Waals surface area contributed by atoms with E-state index in [9.17, 15) is 9.90 Å². The van der Waals surface area contributed by atoms with Crippen molar-refractivity contribution in [1.82, 2.24) is 0 Å². The minimum absolute atomic E-state index is 0.152. The van der Waals surface area contributed by atoms with Crippen LogP contribution in [0.25, 0.3) is 21.9 Å². The Bertz CT molecular complexity index is 890. The third-order valence-corrected chi connectivity index (χ3v) is 5.25. The maximum absolute atomic E-state index is 11.6. The molecule has 22 heavy (non-hydrogen) atoms. The first kappa shape index (κ1) is 15.3. The fourth-order valence-electron chi connectivity index (χ4n) is 2.57. The van der Waals surface area contributed by atoms with E-state index in [0.29, 0.717) is 20.1 Å². The van der Waals surface area contributed by atoms with Crippen molar-refractivity contribution in [2.24, 2.45) is 0 Å². The van der Waals surface area contributed by atoms with Crippen molar-refractivity contribution in [3.63, 3.8) is 0 Å². The topological polar surface area (TPSA) is 37.3 Å². The van der Waals surface area contributed by atoms with Gasteiger partial charge in [-0.05, 0) is 16.5 Å². The monoisotopic (exact) mass is 344 g/mol. The number of carboxylic acid groups (broad SMARTS) is 1. The highest BCUT2D eigenvalue weighted by Gasteiger charge is 2.20. The summed E-state index contributed by atoms with van der Waals surface area (Å²) in [4.78, 5) is 13.1. The molecule has 0 aromatic heterocycles. The molecule has 0 unspecified atom stereocenters. The summed E-state index contributed by atoms with van der Waals surface area (Å²) in [6.45, 7) is 0. The molecule has 0 heterocycles. The van der Waals surface area contributed by atoms with Gasteiger partial charge in [0.25, 0.3) is 0 Å². The van der Waals surface area contributed by atoms with Gasteiger partial charge >= 0.3 is 5.97 Å². The molecule has 3 aromatic carbocycles. The number of hydrogen-bond donors (Lipinski definition) is 4. The molecule has 110 valence electrons. The molecular weight excluding hydrogens is 332 g/mol. The number of thiol groups is 3. The minimum atomic E-state index is -1.02. The lowest BCUT2D eigenvalue weighted by Crippen LogP contribution is -2.02. The van der Waals surface area contributed by atoms with Crippen LogP contribution in [-0.2, 0) is 0 Å². The van der Waals surface area contributed by atoms with Crippen molar-refractivity contribution >= 4 is 54.6 Å². The summed E-state index contributed by atoms with van der Waals surface area (Å²) in [5, 5.41) is 10.9. The Kier molecular flexibility index (Phi) is 4.12. The summed E-state index contributed by atoms with van der Waals surface area (Å²) >= 11 is 13.3. The van der Waals surface area contributed by atoms with E-state index < -0.39 is 5.97 Å². The van der Waals surface area contributed by atoms with Gasteiger partial charge in [-0.25, -0.2) is 4.79 Å². The van der Waals surface area contributed by atoms with Crippen molar-refractivity contribution < 1.29 is 9.90 Å².